The predicted octanol–water partition coefficient (Wildman–Crippen LogP) is 15.0. The zero-order valence-corrected chi connectivity index (χ0v) is 40.0. The molecule has 0 unspecified atom stereocenters. The van der Waals surface area contributed by atoms with E-state index in [0.29, 0.717) is 0 Å². The molecule has 0 amide bonds. The van der Waals surface area contributed by atoms with Crippen molar-refractivity contribution in [1.82, 2.24) is 9.13 Å². The van der Waals surface area contributed by atoms with Gasteiger partial charge in [0.2, 0.25) is 0 Å². The Morgan fingerprint density at radius 1 is 0.271 bits per heavy atom. The highest BCUT2D eigenvalue weighted by Crippen LogP contribution is 2.42. The fourth-order valence-corrected chi connectivity index (χ4v) is 17.7. The lowest BCUT2D eigenvalue weighted by Gasteiger charge is -2.35. The molecule has 2 nitrogen and oxygen atoms in total. The first-order valence-corrected chi connectivity index (χ1v) is 26.9. The number of hydrogen-bond acceptors (Lipinski definition) is 1. The van der Waals surface area contributed by atoms with E-state index in [9.17, 15) is 0 Å². The highest BCUT2D eigenvalue weighted by Gasteiger charge is 2.42. The SMILES string of the molecule is c1ccc([Si](c2ccccc2)(c2ccccc2)c2cc(-c3cccc(-c4cccc5c4sc4ccccc45)c3)cc(-n3c4ccccc4c4cc(-n5c6ccccc6c6ccccc65)ccc43)c2)cc1. The zero-order valence-electron chi connectivity index (χ0n) is 38.2. The van der Waals surface area contributed by atoms with E-state index in [1.165, 1.54) is 107 Å². The van der Waals surface area contributed by atoms with Crippen LogP contribution in [0.5, 0.6) is 0 Å². The minimum atomic E-state index is -2.99. The molecule has 0 saturated heterocycles. The van der Waals surface area contributed by atoms with Gasteiger partial charge in [-0.05, 0) is 104 Å². The van der Waals surface area contributed by atoms with Gasteiger partial charge in [0.15, 0.2) is 8.07 Å². The minimum absolute atomic E-state index is 1.14. The monoisotopic (exact) mass is 924 g/mol. The first-order valence-electron chi connectivity index (χ1n) is 24.1. The van der Waals surface area contributed by atoms with E-state index in [1.54, 1.807) is 0 Å². The van der Waals surface area contributed by atoms with Gasteiger partial charge in [-0.3, -0.25) is 0 Å². The van der Waals surface area contributed by atoms with Crippen LogP contribution in [-0.4, -0.2) is 17.2 Å². The summed E-state index contributed by atoms with van der Waals surface area (Å²) in [4.78, 5) is 0. The third-order valence-electron chi connectivity index (χ3n) is 14.6. The largest absolute Gasteiger partial charge is 0.309 e. The molecule has 70 heavy (non-hydrogen) atoms. The summed E-state index contributed by atoms with van der Waals surface area (Å²) in [6.07, 6.45) is 0. The van der Waals surface area contributed by atoms with Crippen LogP contribution in [0, 0.1) is 0 Å². The second kappa shape index (κ2) is 16.3. The number of fused-ring (bicyclic) bond motifs is 9. The summed E-state index contributed by atoms with van der Waals surface area (Å²) in [5, 5.41) is 13.0. The zero-order chi connectivity index (χ0) is 46.2. The van der Waals surface area contributed by atoms with E-state index in [1.807, 2.05) is 11.3 Å². The average Bonchev–Trinajstić information content (AvgIpc) is 4.10. The molecule has 14 aromatic rings. The van der Waals surface area contributed by atoms with Gasteiger partial charge < -0.3 is 9.13 Å². The summed E-state index contributed by atoms with van der Waals surface area (Å²) in [5.74, 6) is 0. The number of rotatable bonds is 8. The fourth-order valence-electron chi connectivity index (χ4n) is 11.6. The van der Waals surface area contributed by atoms with Crippen LogP contribution in [0.15, 0.2) is 267 Å². The molecule has 0 N–H and O–H groups in total. The lowest BCUT2D eigenvalue weighted by molar-refractivity contribution is 1.17. The summed E-state index contributed by atoms with van der Waals surface area (Å²) in [6, 6.07) is 99.8. The molecule has 14 rings (SSSR count). The molecule has 0 radical (unpaired) electrons. The second-order valence-electron chi connectivity index (χ2n) is 18.4. The average molecular weight is 925 g/mol. The summed E-state index contributed by atoms with van der Waals surface area (Å²) < 4.78 is 7.59. The first-order chi connectivity index (χ1) is 34.7. The Labute approximate surface area is 411 Å². The molecule has 0 fully saturated rings. The molecule has 0 aliphatic carbocycles. The summed E-state index contributed by atoms with van der Waals surface area (Å²) in [6.45, 7) is 0. The molecule has 4 heteroatoms. The molecule has 3 heterocycles. The third-order valence-corrected chi connectivity index (χ3v) is 20.6. The molecular formula is C66H44N2SSi. The number of thiophene rings is 1. The van der Waals surface area contributed by atoms with Crippen molar-refractivity contribution in [2.75, 3.05) is 0 Å². The van der Waals surface area contributed by atoms with Crippen molar-refractivity contribution in [3.63, 3.8) is 0 Å². The number of para-hydroxylation sites is 3. The van der Waals surface area contributed by atoms with E-state index in [4.69, 9.17) is 0 Å². The van der Waals surface area contributed by atoms with Gasteiger partial charge in [-0.15, -0.1) is 11.3 Å². The van der Waals surface area contributed by atoms with Gasteiger partial charge in [0.05, 0.1) is 22.1 Å². The van der Waals surface area contributed by atoms with Crippen molar-refractivity contribution in [3.05, 3.63) is 267 Å². The molecular weight excluding hydrogens is 881 g/mol. The second-order valence-corrected chi connectivity index (χ2v) is 23.3. The van der Waals surface area contributed by atoms with Crippen molar-refractivity contribution >= 4 is 104 Å². The summed E-state index contributed by atoms with van der Waals surface area (Å²) >= 11 is 1.89. The van der Waals surface area contributed by atoms with Gasteiger partial charge in [-0.2, -0.15) is 0 Å². The van der Waals surface area contributed by atoms with Gasteiger partial charge in [0, 0.05) is 53.1 Å². The molecule has 0 aliphatic rings. The van der Waals surface area contributed by atoms with E-state index >= 15 is 0 Å². The molecule has 328 valence electrons. The number of aromatic nitrogens is 2. The maximum Gasteiger partial charge on any atom is 0.179 e. The van der Waals surface area contributed by atoms with Crippen LogP contribution >= 0.6 is 11.3 Å². The van der Waals surface area contributed by atoms with Crippen molar-refractivity contribution < 1.29 is 0 Å². The lowest BCUT2D eigenvalue weighted by atomic mass is 9.97. The highest BCUT2D eigenvalue weighted by atomic mass is 32.1. The van der Waals surface area contributed by atoms with Crippen LogP contribution in [-0.2, 0) is 0 Å². The van der Waals surface area contributed by atoms with Crippen LogP contribution in [0.25, 0.3) is 97.4 Å². The van der Waals surface area contributed by atoms with E-state index in [-0.39, 0.29) is 0 Å². The Bertz CT molecular complexity index is 4150. The summed E-state index contributed by atoms with van der Waals surface area (Å²) in [5.41, 5.74) is 11.9. The molecule has 0 saturated carbocycles. The molecule has 0 atom stereocenters. The van der Waals surface area contributed by atoms with Crippen LogP contribution < -0.4 is 20.7 Å². The van der Waals surface area contributed by atoms with Crippen LogP contribution in [0.3, 0.4) is 0 Å². The maximum absolute atomic E-state index is 2.99. The number of hydrogen-bond donors (Lipinski definition) is 0. The van der Waals surface area contributed by atoms with E-state index in [2.05, 4.69) is 276 Å². The van der Waals surface area contributed by atoms with Gasteiger partial charge in [0.1, 0.15) is 0 Å². The number of nitrogens with zero attached hydrogens (tertiary/aromatic N) is 2. The Hall–Kier alpha value is -8.54. The van der Waals surface area contributed by atoms with Crippen LogP contribution in [0.4, 0.5) is 0 Å². The van der Waals surface area contributed by atoms with E-state index in [0.717, 1.165) is 11.4 Å². The van der Waals surface area contributed by atoms with Crippen molar-refractivity contribution in [3.8, 4) is 33.6 Å². The van der Waals surface area contributed by atoms with Crippen molar-refractivity contribution in [2.45, 2.75) is 0 Å². The fraction of sp³-hybridized carbons (Fsp3) is 0. The van der Waals surface area contributed by atoms with Crippen molar-refractivity contribution in [2.24, 2.45) is 0 Å². The molecule has 3 aromatic heterocycles. The van der Waals surface area contributed by atoms with Gasteiger partial charge in [-0.1, -0.05) is 206 Å². The van der Waals surface area contributed by atoms with Gasteiger partial charge in [-0.25, -0.2) is 0 Å². The standard InChI is InChI=1S/C66H44N2SSi/c1-4-22-50(23-5-1)70(51-24-6-2-7-25-51,52-26-8-3-9-27-52)53-42-47(45-20-18-21-46(40-45)54-32-19-33-59-58-31-13-17-37-65(58)69-66(54)59)41-49(43-53)68-63-36-16-12-30-57(63)60-44-48(38-39-64(60)68)67-61-34-14-10-28-55(61)56-29-11-15-35-62(56)67/h1-44H. The Balaban J connectivity index is 1.06. The van der Waals surface area contributed by atoms with Crippen molar-refractivity contribution in [1.29, 1.82) is 0 Å². The maximum atomic E-state index is 2.53. The van der Waals surface area contributed by atoms with Gasteiger partial charge >= 0.3 is 0 Å². The van der Waals surface area contributed by atoms with E-state index < -0.39 is 8.07 Å². The van der Waals surface area contributed by atoms with Gasteiger partial charge in [0.25, 0.3) is 0 Å². The minimum Gasteiger partial charge on any atom is -0.309 e. The smallest absolute Gasteiger partial charge is 0.179 e. The Kier molecular flexibility index (Phi) is 9.44. The summed E-state index contributed by atoms with van der Waals surface area (Å²) in [7, 11) is -2.99. The Morgan fingerprint density at radius 3 is 1.39 bits per heavy atom. The molecule has 0 bridgehead atoms. The topological polar surface area (TPSA) is 9.86 Å². The quantitative estimate of drug-likeness (QED) is 0.106. The molecule has 0 aliphatic heterocycles. The first kappa shape index (κ1) is 40.5. The Morgan fingerprint density at radius 2 is 0.757 bits per heavy atom. The molecule has 11 aromatic carbocycles. The predicted molar refractivity (Wildman–Crippen MR) is 302 cm³/mol. The molecule has 0 spiro atoms. The highest BCUT2D eigenvalue weighted by molar-refractivity contribution is 7.26. The third kappa shape index (κ3) is 6.24. The number of benzene rings is 11. The van der Waals surface area contributed by atoms with Crippen LogP contribution in [0.1, 0.15) is 0 Å². The normalized spacial score (nSPS) is 12.0. The lowest BCUT2D eigenvalue weighted by Crippen LogP contribution is -2.74. The van der Waals surface area contributed by atoms with Crippen LogP contribution in [0.2, 0.25) is 0 Å².